The van der Waals surface area contributed by atoms with Crippen LogP contribution in [0.5, 0.6) is 0 Å². The highest BCUT2D eigenvalue weighted by molar-refractivity contribution is 6.30. The summed E-state index contributed by atoms with van der Waals surface area (Å²) in [6, 6.07) is 5.98. The zero-order chi connectivity index (χ0) is 23.8. The van der Waals surface area contributed by atoms with E-state index in [1.807, 2.05) is 0 Å². The molecule has 0 radical (unpaired) electrons. The molecule has 180 valence electrons. The molecule has 0 bridgehead atoms. The van der Waals surface area contributed by atoms with E-state index in [2.05, 4.69) is 27.8 Å². The number of piperidine rings is 1. The van der Waals surface area contributed by atoms with Crippen molar-refractivity contribution in [2.24, 2.45) is 5.92 Å². The highest BCUT2D eigenvalue weighted by atomic mass is 35.5. The zero-order valence-corrected chi connectivity index (χ0v) is 20.0. The average molecular weight is 477 g/mol. The first kappa shape index (κ1) is 25.1. The van der Waals surface area contributed by atoms with Crippen LogP contribution in [0.1, 0.15) is 51.1 Å². The summed E-state index contributed by atoms with van der Waals surface area (Å²) in [6.45, 7) is 6.46. The number of carbonyl (C=O) groups excluding carboxylic acids is 3. The van der Waals surface area contributed by atoms with Gasteiger partial charge < -0.3 is 20.7 Å². The highest BCUT2D eigenvalue weighted by Crippen LogP contribution is 2.29. The van der Waals surface area contributed by atoms with Crippen LogP contribution in [0, 0.1) is 5.92 Å². The van der Waals surface area contributed by atoms with Gasteiger partial charge in [-0.15, -0.1) is 0 Å². The number of nitrogens with zero attached hydrogens (tertiary/aromatic N) is 1. The van der Waals surface area contributed by atoms with E-state index in [0.717, 1.165) is 37.8 Å². The van der Waals surface area contributed by atoms with Gasteiger partial charge in [0.25, 0.3) is 0 Å². The lowest BCUT2D eigenvalue weighted by molar-refractivity contribution is -0.139. The molecular weight excluding hydrogens is 444 g/mol. The number of halogens is 1. The summed E-state index contributed by atoms with van der Waals surface area (Å²) in [6.07, 6.45) is 3.70. The third kappa shape index (κ3) is 6.71. The van der Waals surface area contributed by atoms with E-state index < -0.39 is 12.0 Å². The molecule has 3 amide bonds. The van der Waals surface area contributed by atoms with Crippen LogP contribution >= 0.6 is 11.6 Å². The molecule has 33 heavy (non-hydrogen) atoms. The number of urea groups is 1. The second-order valence-corrected chi connectivity index (χ2v) is 8.85. The van der Waals surface area contributed by atoms with Crippen LogP contribution in [0.25, 0.3) is 0 Å². The van der Waals surface area contributed by atoms with Crippen LogP contribution in [-0.4, -0.2) is 55.6 Å². The van der Waals surface area contributed by atoms with Gasteiger partial charge >= 0.3 is 12.0 Å². The van der Waals surface area contributed by atoms with Crippen molar-refractivity contribution in [1.82, 2.24) is 20.9 Å². The number of hydrogen-bond acceptors (Lipinski definition) is 5. The third-order valence-electron chi connectivity index (χ3n) is 5.94. The van der Waals surface area contributed by atoms with Gasteiger partial charge in [0.1, 0.15) is 0 Å². The fraction of sp³-hybridized carbons (Fsp3) is 0.542. The van der Waals surface area contributed by atoms with E-state index in [-0.39, 0.29) is 24.5 Å². The summed E-state index contributed by atoms with van der Waals surface area (Å²) in [5, 5.41) is 9.23. The molecule has 2 atom stereocenters. The lowest BCUT2D eigenvalue weighted by Crippen LogP contribution is -2.50. The molecule has 2 aliphatic heterocycles. The lowest BCUT2D eigenvalue weighted by Gasteiger charge is -2.35. The van der Waals surface area contributed by atoms with Crippen molar-refractivity contribution in [2.45, 2.75) is 45.6 Å². The van der Waals surface area contributed by atoms with Gasteiger partial charge in [-0.1, -0.05) is 37.1 Å². The van der Waals surface area contributed by atoms with Crippen molar-refractivity contribution < 1.29 is 19.1 Å². The highest BCUT2D eigenvalue weighted by Gasteiger charge is 2.35. The Balaban J connectivity index is 1.82. The third-order valence-corrected chi connectivity index (χ3v) is 6.19. The molecule has 0 aromatic heterocycles. The molecule has 0 spiro atoms. The van der Waals surface area contributed by atoms with Crippen LogP contribution in [0.2, 0.25) is 5.02 Å². The second kappa shape index (κ2) is 12.0. The first-order valence-corrected chi connectivity index (χ1v) is 12.0. The minimum Gasteiger partial charge on any atom is -0.463 e. The predicted molar refractivity (Wildman–Crippen MR) is 127 cm³/mol. The van der Waals surface area contributed by atoms with Crippen LogP contribution in [0.3, 0.4) is 0 Å². The average Bonchev–Trinajstić information content (AvgIpc) is 2.79. The number of amides is 3. The topological polar surface area (TPSA) is 99.8 Å². The number of carbonyl (C=O) groups is 3. The van der Waals surface area contributed by atoms with Crippen LogP contribution in [0.15, 0.2) is 35.5 Å². The molecule has 1 fully saturated rings. The number of nitrogens with one attached hydrogen (secondary N) is 3. The first-order chi connectivity index (χ1) is 15.9. The molecule has 2 unspecified atom stereocenters. The van der Waals surface area contributed by atoms with E-state index >= 15 is 0 Å². The number of esters is 1. The lowest BCUT2D eigenvalue weighted by atomic mass is 9.93. The maximum absolute atomic E-state index is 12.9. The fourth-order valence-corrected chi connectivity index (χ4v) is 4.39. The Morgan fingerprint density at radius 2 is 2.00 bits per heavy atom. The first-order valence-electron chi connectivity index (χ1n) is 11.7. The van der Waals surface area contributed by atoms with Gasteiger partial charge in [-0.2, -0.15) is 0 Å². The number of likely N-dealkylation sites (tertiary alicyclic amines) is 1. The molecule has 3 rings (SSSR count). The van der Waals surface area contributed by atoms with E-state index in [9.17, 15) is 14.4 Å². The summed E-state index contributed by atoms with van der Waals surface area (Å²) in [7, 11) is 0. The van der Waals surface area contributed by atoms with Crippen molar-refractivity contribution in [3.05, 3.63) is 46.1 Å². The van der Waals surface area contributed by atoms with Gasteiger partial charge in [0.05, 0.1) is 24.1 Å². The Hall–Kier alpha value is -2.58. The zero-order valence-electron chi connectivity index (χ0n) is 19.3. The minimum atomic E-state index is -0.650. The van der Waals surface area contributed by atoms with E-state index in [1.54, 1.807) is 31.2 Å². The van der Waals surface area contributed by atoms with E-state index in [1.165, 1.54) is 0 Å². The summed E-state index contributed by atoms with van der Waals surface area (Å²) in [5.74, 6) is -0.515. The Kier molecular flexibility index (Phi) is 9.14. The van der Waals surface area contributed by atoms with Crippen LogP contribution < -0.4 is 16.0 Å². The van der Waals surface area contributed by atoms with Gasteiger partial charge in [-0.05, 0) is 50.4 Å². The van der Waals surface area contributed by atoms with Gasteiger partial charge in [-0.3, -0.25) is 9.69 Å². The number of benzene rings is 1. The number of unbranched alkanes of at least 4 members (excludes halogenated alkanes) is 1. The van der Waals surface area contributed by atoms with Crippen LogP contribution in [0.4, 0.5) is 4.79 Å². The summed E-state index contributed by atoms with van der Waals surface area (Å²) in [5.41, 5.74) is 1.61. The summed E-state index contributed by atoms with van der Waals surface area (Å²) >= 11 is 6.02. The predicted octanol–water partition coefficient (Wildman–Crippen LogP) is 3.14. The van der Waals surface area contributed by atoms with Gasteiger partial charge in [-0.25, -0.2) is 9.59 Å². The summed E-state index contributed by atoms with van der Waals surface area (Å²) in [4.78, 5) is 40.1. The number of ether oxygens (including phenoxy) is 1. The number of hydrogen-bond donors (Lipinski definition) is 3. The summed E-state index contributed by atoms with van der Waals surface area (Å²) < 4.78 is 5.33. The van der Waals surface area contributed by atoms with E-state index in [4.69, 9.17) is 16.3 Å². The van der Waals surface area contributed by atoms with Crippen LogP contribution in [-0.2, 0) is 14.3 Å². The molecule has 2 heterocycles. The monoisotopic (exact) mass is 476 g/mol. The minimum absolute atomic E-state index is 0.0705. The Bertz CT molecular complexity index is 887. The molecular formula is C24H33ClN4O4. The second-order valence-electron chi connectivity index (χ2n) is 8.41. The maximum atomic E-state index is 12.9. The molecule has 3 N–H and O–H groups in total. The van der Waals surface area contributed by atoms with Crippen molar-refractivity contribution in [2.75, 3.05) is 32.8 Å². The van der Waals surface area contributed by atoms with Crippen molar-refractivity contribution in [1.29, 1.82) is 0 Å². The Morgan fingerprint density at radius 3 is 2.70 bits per heavy atom. The molecule has 0 aliphatic carbocycles. The standard InChI is InChI=1S/C24H33ClN4O4/c1-3-5-12-26-22(30)17-7-6-13-29(14-17)15-19-20(23(31)33-4-2)21(28-24(32)27-19)16-8-10-18(25)11-9-16/h8-11,17,21H,3-7,12-15H2,1-2H3,(H,26,30)(H2,27,28,32). The quantitative estimate of drug-likeness (QED) is 0.375. The largest absolute Gasteiger partial charge is 0.463 e. The molecule has 1 aromatic carbocycles. The van der Waals surface area contributed by atoms with E-state index in [0.29, 0.717) is 35.9 Å². The molecule has 0 saturated carbocycles. The van der Waals surface area contributed by atoms with Crippen molar-refractivity contribution >= 4 is 29.5 Å². The Labute approximate surface area is 200 Å². The SMILES string of the molecule is CCCCNC(=O)C1CCCN(CC2=C(C(=O)OCC)C(c3ccc(Cl)cc3)NC(=O)N2)C1. The smallest absolute Gasteiger partial charge is 0.338 e. The fourth-order valence-electron chi connectivity index (χ4n) is 4.27. The Morgan fingerprint density at radius 1 is 1.24 bits per heavy atom. The normalized spacial score (nSPS) is 21.2. The van der Waals surface area contributed by atoms with Gasteiger partial charge in [0, 0.05) is 30.4 Å². The van der Waals surface area contributed by atoms with Gasteiger partial charge in [0.2, 0.25) is 5.91 Å². The molecule has 2 aliphatic rings. The maximum Gasteiger partial charge on any atom is 0.338 e. The molecule has 8 nitrogen and oxygen atoms in total. The molecule has 1 aromatic rings. The van der Waals surface area contributed by atoms with Crippen molar-refractivity contribution in [3.63, 3.8) is 0 Å². The molecule has 9 heteroatoms. The number of rotatable bonds is 9. The van der Waals surface area contributed by atoms with Gasteiger partial charge in [0.15, 0.2) is 0 Å². The van der Waals surface area contributed by atoms with Crippen molar-refractivity contribution in [3.8, 4) is 0 Å². The molecule has 1 saturated heterocycles.